The van der Waals surface area contributed by atoms with Gasteiger partial charge in [-0.15, -0.1) is 11.3 Å². The molecule has 2 amide bonds. The van der Waals surface area contributed by atoms with Crippen LogP contribution in [0.5, 0.6) is 0 Å². The Labute approximate surface area is 155 Å². The summed E-state index contributed by atoms with van der Waals surface area (Å²) < 4.78 is 5.17. The van der Waals surface area contributed by atoms with Crippen molar-refractivity contribution in [3.63, 3.8) is 0 Å². The normalized spacial score (nSPS) is 18.3. The molecule has 1 aliphatic rings. The van der Waals surface area contributed by atoms with Crippen molar-refractivity contribution >= 4 is 34.8 Å². The van der Waals surface area contributed by atoms with Gasteiger partial charge in [-0.1, -0.05) is 16.8 Å². The number of nitrogens with one attached hydrogen (secondary N) is 1. The molecule has 1 N–H and O–H groups in total. The monoisotopic (exact) mass is 381 g/mol. The van der Waals surface area contributed by atoms with E-state index in [0.29, 0.717) is 42.3 Å². The van der Waals surface area contributed by atoms with Crippen molar-refractivity contribution in [2.45, 2.75) is 45.7 Å². The van der Waals surface area contributed by atoms with E-state index in [1.165, 1.54) is 11.3 Å². The van der Waals surface area contributed by atoms with Gasteiger partial charge in [0.1, 0.15) is 10.6 Å². The van der Waals surface area contributed by atoms with Crippen LogP contribution in [0.3, 0.4) is 0 Å². The SMILES string of the molecule is Cc1noc(C)c1CN1CCC(NC(=O)c2sccc2Cl)CCC1=O. The number of carbonyl (C=O) groups is 2. The summed E-state index contributed by atoms with van der Waals surface area (Å²) in [6, 6.07) is 1.67. The quantitative estimate of drug-likeness (QED) is 0.881. The second-order valence-corrected chi connectivity index (χ2v) is 7.54. The summed E-state index contributed by atoms with van der Waals surface area (Å²) in [5, 5.41) is 9.20. The maximum absolute atomic E-state index is 12.4. The maximum Gasteiger partial charge on any atom is 0.263 e. The van der Waals surface area contributed by atoms with Crippen LogP contribution in [0.25, 0.3) is 0 Å². The number of aromatic nitrogens is 1. The van der Waals surface area contributed by atoms with Gasteiger partial charge in [0.2, 0.25) is 5.91 Å². The number of hydrogen-bond acceptors (Lipinski definition) is 5. The molecule has 1 atom stereocenters. The Morgan fingerprint density at radius 1 is 1.48 bits per heavy atom. The Bertz CT molecular complexity index is 766. The van der Waals surface area contributed by atoms with Crippen molar-refractivity contribution in [2.75, 3.05) is 6.54 Å². The van der Waals surface area contributed by atoms with Crippen LogP contribution >= 0.6 is 22.9 Å². The number of thiophene rings is 1. The number of likely N-dealkylation sites (tertiary alicyclic amines) is 1. The zero-order valence-corrected chi connectivity index (χ0v) is 15.7. The molecule has 0 aromatic carbocycles. The minimum Gasteiger partial charge on any atom is -0.361 e. The lowest BCUT2D eigenvalue weighted by atomic mass is 10.1. The highest BCUT2D eigenvalue weighted by atomic mass is 35.5. The number of nitrogens with zero attached hydrogens (tertiary/aromatic N) is 2. The minimum atomic E-state index is -0.170. The molecule has 3 rings (SSSR count). The second kappa shape index (κ2) is 7.58. The molecule has 2 aromatic rings. The Morgan fingerprint density at radius 3 is 2.92 bits per heavy atom. The summed E-state index contributed by atoms with van der Waals surface area (Å²) in [7, 11) is 0. The molecule has 8 heteroatoms. The van der Waals surface area contributed by atoms with E-state index in [9.17, 15) is 9.59 Å². The fourth-order valence-corrected chi connectivity index (χ4v) is 4.02. The van der Waals surface area contributed by atoms with Crippen molar-refractivity contribution in [1.29, 1.82) is 0 Å². The van der Waals surface area contributed by atoms with Gasteiger partial charge < -0.3 is 14.7 Å². The predicted molar refractivity (Wildman–Crippen MR) is 95.8 cm³/mol. The van der Waals surface area contributed by atoms with E-state index in [4.69, 9.17) is 16.1 Å². The molecule has 0 spiro atoms. The molecule has 1 unspecified atom stereocenters. The number of amides is 2. The second-order valence-electron chi connectivity index (χ2n) is 6.21. The molecule has 0 bridgehead atoms. The number of hydrogen-bond donors (Lipinski definition) is 1. The topological polar surface area (TPSA) is 75.4 Å². The highest BCUT2D eigenvalue weighted by molar-refractivity contribution is 7.12. The number of aryl methyl sites for hydroxylation is 2. The number of rotatable bonds is 4. The first kappa shape index (κ1) is 17.9. The van der Waals surface area contributed by atoms with Crippen molar-refractivity contribution in [3.8, 4) is 0 Å². The van der Waals surface area contributed by atoms with Crippen LogP contribution < -0.4 is 5.32 Å². The first-order valence-corrected chi connectivity index (χ1v) is 9.45. The van der Waals surface area contributed by atoms with E-state index in [1.807, 2.05) is 18.7 Å². The van der Waals surface area contributed by atoms with E-state index in [1.54, 1.807) is 11.4 Å². The molecule has 2 aromatic heterocycles. The summed E-state index contributed by atoms with van der Waals surface area (Å²) in [6.45, 7) is 4.82. The summed E-state index contributed by atoms with van der Waals surface area (Å²) in [6.07, 6.45) is 1.75. The van der Waals surface area contributed by atoms with Gasteiger partial charge in [0.15, 0.2) is 0 Å². The molecular weight excluding hydrogens is 362 g/mol. The Morgan fingerprint density at radius 2 is 2.28 bits per heavy atom. The predicted octanol–water partition coefficient (Wildman–Crippen LogP) is 3.32. The molecule has 1 saturated heterocycles. The fraction of sp³-hybridized carbons (Fsp3) is 0.471. The third-order valence-corrected chi connectivity index (χ3v) is 5.84. The first-order valence-electron chi connectivity index (χ1n) is 8.19. The molecule has 3 heterocycles. The van der Waals surface area contributed by atoms with Gasteiger partial charge in [-0.3, -0.25) is 9.59 Å². The Kier molecular flexibility index (Phi) is 5.44. The van der Waals surface area contributed by atoms with E-state index < -0.39 is 0 Å². The van der Waals surface area contributed by atoms with Crippen LogP contribution in [0, 0.1) is 13.8 Å². The lowest BCUT2D eigenvalue weighted by Crippen LogP contribution is -2.35. The fourth-order valence-electron chi connectivity index (χ4n) is 2.97. The molecule has 6 nitrogen and oxygen atoms in total. The number of halogens is 1. The molecule has 0 aliphatic carbocycles. The van der Waals surface area contributed by atoms with E-state index in [-0.39, 0.29) is 17.9 Å². The van der Waals surface area contributed by atoms with E-state index >= 15 is 0 Å². The van der Waals surface area contributed by atoms with Crippen LogP contribution in [0.15, 0.2) is 16.0 Å². The van der Waals surface area contributed by atoms with Gasteiger partial charge in [-0.2, -0.15) is 0 Å². The van der Waals surface area contributed by atoms with E-state index in [0.717, 1.165) is 17.0 Å². The number of carbonyl (C=O) groups excluding carboxylic acids is 2. The Balaban J connectivity index is 1.62. The minimum absolute atomic E-state index is 0.0377. The third-order valence-electron chi connectivity index (χ3n) is 4.50. The van der Waals surface area contributed by atoms with Gasteiger partial charge in [0.25, 0.3) is 5.91 Å². The first-order chi connectivity index (χ1) is 12.0. The molecule has 0 saturated carbocycles. The van der Waals surface area contributed by atoms with Crippen LogP contribution in [-0.4, -0.2) is 34.5 Å². The maximum atomic E-state index is 12.4. The highest BCUT2D eigenvalue weighted by Gasteiger charge is 2.26. The third kappa shape index (κ3) is 4.04. The average Bonchev–Trinajstić information content (AvgIpc) is 3.09. The van der Waals surface area contributed by atoms with Crippen LogP contribution in [0.4, 0.5) is 0 Å². The zero-order valence-electron chi connectivity index (χ0n) is 14.2. The van der Waals surface area contributed by atoms with Gasteiger partial charge >= 0.3 is 0 Å². The largest absolute Gasteiger partial charge is 0.361 e. The van der Waals surface area contributed by atoms with Crippen molar-refractivity contribution < 1.29 is 14.1 Å². The highest BCUT2D eigenvalue weighted by Crippen LogP contribution is 2.23. The zero-order chi connectivity index (χ0) is 18.0. The lowest BCUT2D eigenvalue weighted by molar-refractivity contribution is -0.131. The van der Waals surface area contributed by atoms with Crippen molar-refractivity contribution in [3.05, 3.63) is 38.4 Å². The smallest absolute Gasteiger partial charge is 0.263 e. The average molecular weight is 382 g/mol. The molecule has 1 aliphatic heterocycles. The van der Waals surface area contributed by atoms with Crippen LogP contribution in [-0.2, 0) is 11.3 Å². The van der Waals surface area contributed by atoms with E-state index in [2.05, 4.69) is 10.5 Å². The van der Waals surface area contributed by atoms with Gasteiger partial charge in [0, 0.05) is 24.6 Å². The van der Waals surface area contributed by atoms with Crippen LogP contribution in [0.2, 0.25) is 5.02 Å². The standard InChI is InChI=1S/C17H20ClN3O3S/c1-10-13(11(2)24-20-10)9-21-7-5-12(3-4-15(21)22)19-17(23)16-14(18)6-8-25-16/h6,8,12H,3-5,7,9H2,1-2H3,(H,19,23). The summed E-state index contributed by atoms with van der Waals surface area (Å²) in [5.74, 6) is 0.661. The lowest BCUT2D eigenvalue weighted by Gasteiger charge is -2.21. The molecule has 25 heavy (non-hydrogen) atoms. The summed E-state index contributed by atoms with van der Waals surface area (Å²) >= 11 is 7.33. The van der Waals surface area contributed by atoms with Crippen LogP contribution in [0.1, 0.15) is 46.0 Å². The Hall–Kier alpha value is -1.86. The molecule has 1 fully saturated rings. The molecule has 0 radical (unpaired) electrons. The molecule has 134 valence electrons. The van der Waals surface area contributed by atoms with Crippen molar-refractivity contribution in [2.24, 2.45) is 0 Å². The van der Waals surface area contributed by atoms with Crippen molar-refractivity contribution in [1.82, 2.24) is 15.4 Å². The van der Waals surface area contributed by atoms with Gasteiger partial charge in [-0.25, -0.2) is 0 Å². The van der Waals surface area contributed by atoms with Gasteiger partial charge in [0.05, 0.1) is 17.3 Å². The summed E-state index contributed by atoms with van der Waals surface area (Å²) in [4.78, 5) is 27.1. The molecular formula is C17H20ClN3O3S. The van der Waals surface area contributed by atoms with Gasteiger partial charge in [-0.05, 0) is 38.1 Å². The summed E-state index contributed by atoms with van der Waals surface area (Å²) in [5.41, 5.74) is 1.77.